The first-order valence-electron chi connectivity index (χ1n) is 9.38. The lowest BCUT2D eigenvalue weighted by Crippen LogP contribution is -2.53. The number of hydrogen-bond acceptors (Lipinski definition) is 2. The lowest BCUT2D eigenvalue weighted by Gasteiger charge is -2.38. The maximum absolute atomic E-state index is 13.8. The molecule has 1 saturated heterocycles. The fraction of sp³-hybridized carbons (Fsp3) is 0.381. The van der Waals surface area contributed by atoms with Crippen LogP contribution in [-0.2, 0) is 6.54 Å². The Kier molecular flexibility index (Phi) is 4.71. The van der Waals surface area contributed by atoms with Crippen LogP contribution in [0.2, 0.25) is 0 Å². The van der Waals surface area contributed by atoms with Crippen molar-refractivity contribution in [2.24, 2.45) is 5.92 Å². The van der Waals surface area contributed by atoms with Crippen molar-refractivity contribution in [3.63, 3.8) is 0 Å². The summed E-state index contributed by atoms with van der Waals surface area (Å²) < 4.78 is 29.4. The van der Waals surface area contributed by atoms with Crippen LogP contribution in [0.25, 0.3) is 21.8 Å². The van der Waals surface area contributed by atoms with Gasteiger partial charge >= 0.3 is 6.03 Å². The molecular weight excluding hydrogens is 364 g/mol. The highest BCUT2D eigenvalue weighted by Crippen LogP contribution is 2.30. The van der Waals surface area contributed by atoms with Crippen molar-refractivity contribution < 1.29 is 18.7 Å². The summed E-state index contributed by atoms with van der Waals surface area (Å²) >= 11 is 0. The first kappa shape index (κ1) is 18.7. The van der Waals surface area contributed by atoms with Gasteiger partial charge in [-0.1, -0.05) is 6.92 Å². The summed E-state index contributed by atoms with van der Waals surface area (Å²) in [6.07, 6.45) is -0.809. The Balaban J connectivity index is 1.66. The van der Waals surface area contributed by atoms with Crippen LogP contribution in [0.4, 0.5) is 13.6 Å². The Morgan fingerprint density at radius 1 is 1.04 bits per heavy atom. The summed E-state index contributed by atoms with van der Waals surface area (Å²) in [5.74, 6) is -0.464. The second-order valence-corrected chi connectivity index (χ2v) is 7.76. The lowest BCUT2D eigenvalue weighted by atomic mass is 10.1. The number of carbonyl (C=O) groups is 1. The monoisotopic (exact) mass is 387 g/mol. The molecule has 3 aromatic rings. The van der Waals surface area contributed by atoms with Crippen LogP contribution in [0.3, 0.4) is 0 Å². The van der Waals surface area contributed by atoms with Gasteiger partial charge in [-0.15, -0.1) is 0 Å². The standard InChI is InChI=1S/C21H23F2N3O2/c1-13-9-24(2)21(28)25(10-13)11-16(27)12-26-19-5-3-14(22)7-17(19)18-8-15(23)4-6-20(18)26/h3-8,13,16,27H,9-12H2,1-2H3. The molecule has 0 bridgehead atoms. The number of benzene rings is 2. The first-order valence-corrected chi connectivity index (χ1v) is 9.38. The van der Waals surface area contributed by atoms with Crippen LogP contribution in [0.1, 0.15) is 6.92 Å². The van der Waals surface area contributed by atoms with Crippen LogP contribution in [0.5, 0.6) is 0 Å². The SMILES string of the molecule is CC1CN(C)C(=O)N(CC(O)Cn2c3ccc(F)cc3c3cc(F)ccc32)C1. The van der Waals surface area contributed by atoms with E-state index in [0.717, 1.165) is 11.0 Å². The maximum atomic E-state index is 13.8. The van der Waals surface area contributed by atoms with E-state index in [0.29, 0.717) is 29.8 Å². The molecule has 1 aliphatic rings. The van der Waals surface area contributed by atoms with Crippen LogP contribution in [0, 0.1) is 17.6 Å². The second-order valence-electron chi connectivity index (χ2n) is 7.76. The van der Waals surface area contributed by atoms with E-state index >= 15 is 0 Å². The number of halogens is 2. The highest BCUT2D eigenvalue weighted by molar-refractivity contribution is 6.08. The number of β-amino-alcohol motifs (C(OH)–C–C–N with tert-alkyl or cyclic N) is 1. The highest BCUT2D eigenvalue weighted by atomic mass is 19.1. The molecule has 7 heteroatoms. The largest absolute Gasteiger partial charge is 0.389 e. The summed E-state index contributed by atoms with van der Waals surface area (Å²) in [6, 6.07) is 8.64. The van der Waals surface area contributed by atoms with Gasteiger partial charge in [-0.3, -0.25) is 0 Å². The quantitative estimate of drug-likeness (QED) is 0.746. The van der Waals surface area contributed by atoms with E-state index in [1.165, 1.54) is 24.3 Å². The van der Waals surface area contributed by atoms with Gasteiger partial charge < -0.3 is 19.5 Å². The van der Waals surface area contributed by atoms with Crippen LogP contribution in [-0.4, -0.2) is 58.3 Å². The van der Waals surface area contributed by atoms with Crippen molar-refractivity contribution in [3.8, 4) is 0 Å². The van der Waals surface area contributed by atoms with Crippen LogP contribution >= 0.6 is 0 Å². The van der Waals surface area contributed by atoms with Crippen molar-refractivity contribution in [3.05, 3.63) is 48.0 Å². The Bertz CT molecular complexity index is 990. The minimum atomic E-state index is -0.809. The third kappa shape index (κ3) is 3.30. The lowest BCUT2D eigenvalue weighted by molar-refractivity contribution is 0.0717. The Morgan fingerprint density at radius 2 is 1.61 bits per heavy atom. The van der Waals surface area contributed by atoms with E-state index < -0.39 is 17.7 Å². The molecule has 5 nitrogen and oxygen atoms in total. The van der Waals surface area contributed by atoms with Gasteiger partial charge in [0.25, 0.3) is 0 Å². The molecule has 28 heavy (non-hydrogen) atoms. The average Bonchev–Trinajstić information content (AvgIpc) is 2.91. The molecule has 0 aliphatic carbocycles. The van der Waals surface area contributed by atoms with Crippen molar-refractivity contribution in [2.75, 3.05) is 26.7 Å². The molecule has 1 aliphatic heterocycles. The number of amides is 2. The first-order chi connectivity index (χ1) is 13.3. The summed E-state index contributed by atoms with van der Waals surface area (Å²) in [4.78, 5) is 15.7. The molecule has 0 radical (unpaired) electrons. The Morgan fingerprint density at radius 3 is 2.18 bits per heavy atom. The van der Waals surface area contributed by atoms with Crippen LogP contribution in [0.15, 0.2) is 36.4 Å². The highest BCUT2D eigenvalue weighted by Gasteiger charge is 2.29. The number of aromatic nitrogens is 1. The molecule has 2 heterocycles. The van der Waals surface area contributed by atoms with Crippen LogP contribution < -0.4 is 0 Å². The molecule has 1 fully saturated rings. The van der Waals surface area contributed by atoms with Crippen molar-refractivity contribution in [1.29, 1.82) is 0 Å². The smallest absolute Gasteiger partial charge is 0.319 e. The maximum Gasteiger partial charge on any atom is 0.319 e. The number of rotatable bonds is 4. The molecule has 4 rings (SSSR count). The van der Waals surface area contributed by atoms with Crippen molar-refractivity contribution in [1.82, 2.24) is 14.4 Å². The van der Waals surface area contributed by atoms with Gasteiger partial charge in [0.15, 0.2) is 0 Å². The number of hydrogen-bond donors (Lipinski definition) is 1. The summed E-state index contributed by atoms with van der Waals surface area (Å²) in [7, 11) is 1.76. The molecule has 2 atom stereocenters. The molecular formula is C21H23F2N3O2. The van der Waals surface area contributed by atoms with Gasteiger partial charge in [0, 0.05) is 41.9 Å². The molecule has 2 aromatic carbocycles. The molecule has 0 saturated carbocycles. The topological polar surface area (TPSA) is 48.7 Å². The molecule has 1 aromatic heterocycles. The van der Waals surface area contributed by atoms with Gasteiger partial charge in [-0.25, -0.2) is 13.6 Å². The van der Waals surface area contributed by atoms with E-state index in [4.69, 9.17) is 0 Å². The molecule has 2 amide bonds. The van der Waals surface area contributed by atoms with Gasteiger partial charge in [-0.2, -0.15) is 0 Å². The number of aliphatic hydroxyl groups is 1. The van der Waals surface area contributed by atoms with Crippen molar-refractivity contribution >= 4 is 27.8 Å². The molecule has 0 spiro atoms. The third-order valence-electron chi connectivity index (χ3n) is 5.33. The zero-order chi connectivity index (χ0) is 20.0. The van der Waals surface area contributed by atoms with Gasteiger partial charge in [0.2, 0.25) is 0 Å². The summed E-state index contributed by atoms with van der Waals surface area (Å²) in [6.45, 7) is 3.80. The number of nitrogens with zero attached hydrogens (tertiary/aromatic N) is 3. The van der Waals surface area contributed by atoms with E-state index in [2.05, 4.69) is 6.92 Å². The van der Waals surface area contributed by atoms with Crippen molar-refractivity contribution in [2.45, 2.75) is 19.6 Å². The van der Waals surface area contributed by atoms with Gasteiger partial charge in [0.1, 0.15) is 11.6 Å². The molecule has 1 N–H and O–H groups in total. The number of urea groups is 1. The van der Waals surface area contributed by atoms with Gasteiger partial charge in [0.05, 0.1) is 19.2 Å². The normalized spacial score (nSPS) is 19.0. The Labute approximate surface area is 161 Å². The predicted octanol–water partition coefficient (Wildman–Crippen LogP) is 3.44. The minimum absolute atomic E-state index is 0.0940. The van der Waals surface area contributed by atoms with E-state index in [1.807, 2.05) is 4.57 Å². The van der Waals surface area contributed by atoms with E-state index in [-0.39, 0.29) is 19.1 Å². The minimum Gasteiger partial charge on any atom is -0.389 e. The van der Waals surface area contributed by atoms with E-state index in [9.17, 15) is 18.7 Å². The number of fused-ring (bicyclic) bond motifs is 3. The molecule has 148 valence electrons. The second kappa shape index (κ2) is 7.05. The number of aliphatic hydroxyl groups excluding tert-OH is 1. The molecule has 2 unspecified atom stereocenters. The fourth-order valence-electron chi connectivity index (χ4n) is 4.22. The summed E-state index contributed by atoms with van der Waals surface area (Å²) in [5, 5.41) is 11.9. The van der Waals surface area contributed by atoms with E-state index in [1.54, 1.807) is 29.0 Å². The zero-order valence-electron chi connectivity index (χ0n) is 15.9. The Hall–Kier alpha value is -2.67. The fourth-order valence-corrected chi connectivity index (χ4v) is 4.22. The zero-order valence-corrected chi connectivity index (χ0v) is 15.9. The van der Waals surface area contributed by atoms with Gasteiger partial charge in [-0.05, 0) is 42.3 Å². The predicted molar refractivity (Wildman–Crippen MR) is 104 cm³/mol. The average molecular weight is 387 g/mol. The summed E-state index contributed by atoms with van der Waals surface area (Å²) in [5.41, 5.74) is 1.44. The number of carbonyl (C=O) groups excluding carboxylic acids is 1. The third-order valence-corrected chi connectivity index (χ3v) is 5.33.